The van der Waals surface area contributed by atoms with Gasteiger partial charge in [0, 0.05) is 30.4 Å². The van der Waals surface area contributed by atoms with Crippen molar-refractivity contribution in [2.24, 2.45) is 7.05 Å². The van der Waals surface area contributed by atoms with E-state index in [4.69, 9.17) is 4.74 Å². The first-order valence-corrected chi connectivity index (χ1v) is 7.69. The minimum absolute atomic E-state index is 0.0465. The summed E-state index contributed by atoms with van der Waals surface area (Å²) in [6, 6.07) is 5.04. The average molecular weight is 342 g/mol. The summed E-state index contributed by atoms with van der Waals surface area (Å²) in [5.74, 6) is -1.60. The molecule has 1 N–H and O–H groups in total. The summed E-state index contributed by atoms with van der Waals surface area (Å²) < 4.78 is 7.74. The van der Waals surface area contributed by atoms with Gasteiger partial charge in [0.1, 0.15) is 5.65 Å². The van der Waals surface area contributed by atoms with Gasteiger partial charge in [-0.3, -0.25) is 18.7 Å². The molecule has 0 spiro atoms. The van der Waals surface area contributed by atoms with Crippen molar-refractivity contribution in [2.45, 2.75) is 19.3 Å². The van der Waals surface area contributed by atoms with Crippen molar-refractivity contribution in [3.8, 4) is 5.88 Å². The van der Waals surface area contributed by atoms with E-state index in [1.54, 1.807) is 42.3 Å². The summed E-state index contributed by atoms with van der Waals surface area (Å²) >= 11 is 0. The minimum atomic E-state index is -0.710. The fourth-order valence-electron chi connectivity index (χ4n) is 2.87. The van der Waals surface area contributed by atoms with Crippen LogP contribution in [0.4, 0.5) is 0 Å². The number of aryl methyl sites for hydroxylation is 1. The monoisotopic (exact) mass is 342 g/mol. The number of esters is 1. The van der Waals surface area contributed by atoms with Crippen molar-refractivity contribution in [2.75, 3.05) is 7.11 Å². The normalized spacial score (nSPS) is 12.3. The number of ether oxygens (including phenoxy) is 1. The van der Waals surface area contributed by atoms with E-state index in [9.17, 15) is 14.7 Å². The van der Waals surface area contributed by atoms with Gasteiger partial charge in [-0.1, -0.05) is 6.07 Å². The van der Waals surface area contributed by atoms with Crippen LogP contribution in [0.2, 0.25) is 0 Å². The lowest BCUT2D eigenvalue weighted by Gasteiger charge is -2.17. The molecule has 0 bridgehead atoms. The second kappa shape index (κ2) is 6.39. The standard InChI is InChI=1S/C17H18N4O4/c1-10-12(9-18-20(10)2)11(8-14(22)25-3)15-16(23)19-13-6-4-5-7-21(13)17(15)24/h4-7,9,11,23H,8H2,1-3H3. The molecule has 8 heteroatoms. The number of aromatic hydroxyl groups is 1. The number of pyridine rings is 1. The smallest absolute Gasteiger partial charge is 0.306 e. The quantitative estimate of drug-likeness (QED) is 0.714. The van der Waals surface area contributed by atoms with Gasteiger partial charge in [0.05, 0.1) is 25.3 Å². The summed E-state index contributed by atoms with van der Waals surface area (Å²) in [4.78, 5) is 28.9. The second-order valence-electron chi connectivity index (χ2n) is 5.72. The van der Waals surface area contributed by atoms with E-state index in [0.29, 0.717) is 11.2 Å². The fraction of sp³-hybridized carbons (Fsp3) is 0.294. The van der Waals surface area contributed by atoms with E-state index >= 15 is 0 Å². The van der Waals surface area contributed by atoms with Gasteiger partial charge >= 0.3 is 5.97 Å². The van der Waals surface area contributed by atoms with E-state index in [1.165, 1.54) is 11.5 Å². The highest BCUT2D eigenvalue weighted by atomic mass is 16.5. The molecule has 1 unspecified atom stereocenters. The zero-order chi connectivity index (χ0) is 18.1. The van der Waals surface area contributed by atoms with Gasteiger partial charge < -0.3 is 9.84 Å². The largest absolute Gasteiger partial charge is 0.493 e. The van der Waals surface area contributed by atoms with Crippen LogP contribution in [0.25, 0.3) is 5.65 Å². The van der Waals surface area contributed by atoms with Crippen molar-refractivity contribution >= 4 is 11.6 Å². The molecule has 0 saturated carbocycles. The molecule has 0 radical (unpaired) electrons. The van der Waals surface area contributed by atoms with Gasteiger partial charge in [0.15, 0.2) is 0 Å². The summed E-state index contributed by atoms with van der Waals surface area (Å²) in [5.41, 5.74) is 1.39. The molecule has 0 aliphatic heterocycles. The van der Waals surface area contributed by atoms with Crippen molar-refractivity contribution < 1.29 is 14.6 Å². The first-order valence-electron chi connectivity index (χ1n) is 7.69. The maximum Gasteiger partial charge on any atom is 0.306 e. The molecule has 0 amide bonds. The molecule has 3 aromatic rings. The Morgan fingerprint density at radius 1 is 1.40 bits per heavy atom. The lowest BCUT2D eigenvalue weighted by atomic mass is 9.90. The molecule has 3 rings (SSSR count). The Bertz CT molecular complexity index is 1010. The molecule has 0 saturated heterocycles. The Balaban J connectivity index is 2.26. The predicted octanol–water partition coefficient (Wildman–Crippen LogP) is 1.14. The Labute approximate surface area is 143 Å². The molecule has 0 aliphatic carbocycles. The lowest BCUT2D eigenvalue weighted by molar-refractivity contribution is -0.140. The first-order chi connectivity index (χ1) is 11.9. The van der Waals surface area contributed by atoms with E-state index in [1.807, 2.05) is 6.92 Å². The average Bonchev–Trinajstić information content (AvgIpc) is 2.93. The van der Waals surface area contributed by atoms with Crippen molar-refractivity contribution in [1.82, 2.24) is 19.2 Å². The third kappa shape index (κ3) is 2.86. The Morgan fingerprint density at radius 3 is 2.80 bits per heavy atom. The van der Waals surface area contributed by atoms with Crippen LogP contribution >= 0.6 is 0 Å². The van der Waals surface area contributed by atoms with Crippen LogP contribution in [-0.2, 0) is 16.6 Å². The maximum absolute atomic E-state index is 12.9. The Hall–Kier alpha value is -3.16. The van der Waals surface area contributed by atoms with Crippen LogP contribution < -0.4 is 5.56 Å². The van der Waals surface area contributed by atoms with Crippen molar-refractivity contribution in [3.63, 3.8) is 0 Å². The molecule has 8 nitrogen and oxygen atoms in total. The SMILES string of the molecule is COC(=O)CC(c1cnn(C)c1C)c1c(O)nc2ccccn2c1=O. The molecule has 0 aliphatic rings. The third-order valence-electron chi connectivity index (χ3n) is 4.34. The highest BCUT2D eigenvalue weighted by molar-refractivity contribution is 5.71. The summed E-state index contributed by atoms with van der Waals surface area (Å²) in [6.45, 7) is 1.83. The van der Waals surface area contributed by atoms with E-state index < -0.39 is 23.3 Å². The number of nitrogens with zero attached hydrogens (tertiary/aromatic N) is 4. The molecule has 3 heterocycles. The maximum atomic E-state index is 12.9. The van der Waals surface area contributed by atoms with E-state index in [-0.39, 0.29) is 12.0 Å². The number of carbonyl (C=O) groups excluding carboxylic acids is 1. The fourth-order valence-corrected chi connectivity index (χ4v) is 2.87. The number of carbonyl (C=O) groups is 1. The van der Waals surface area contributed by atoms with Gasteiger partial charge in [0.25, 0.3) is 5.56 Å². The molecule has 130 valence electrons. The number of aromatic nitrogens is 4. The molecular formula is C17H18N4O4. The van der Waals surface area contributed by atoms with Crippen LogP contribution in [-0.4, -0.2) is 37.4 Å². The minimum Gasteiger partial charge on any atom is -0.493 e. The number of hydrogen-bond donors (Lipinski definition) is 1. The Kier molecular flexibility index (Phi) is 4.26. The van der Waals surface area contributed by atoms with Gasteiger partial charge in [-0.25, -0.2) is 0 Å². The van der Waals surface area contributed by atoms with Crippen molar-refractivity contribution in [1.29, 1.82) is 0 Å². The zero-order valence-corrected chi connectivity index (χ0v) is 14.1. The van der Waals surface area contributed by atoms with Gasteiger partial charge in [-0.05, 0) is 19.1 Å². The number of hydrogen-bond acceptors (Lipinski definition) is 6. The first kappa shape index (κ1) is 16.7. The van der Waals surface area contributed by atoms with Crippen molar-refractivity contribution in [3.05, 3.63) is 57.8 Å². The van der Waals surface area contributed by atoms with Crippen LogP contribution in [0.15, 0.2) is 35.4 Å². The third-order valence-corrected chi connectivity index (χ3v) is 4.34. The topological polar surface area (TPSA) is 98.7 Å². The van der Waals surface area contributed by atoms with Gasteiger partial charge in [-0.15, -0.1) is 0 Å². The highest BCUT2D eigenvalue weighted by Gasteiger charge is 2.29. The zero-order valence-electron chi connectivity index (χ0n) is 14.1. The van der Waals surface area contributed by atoms with E-state index in [2.05, 4.69) is 10.1 Å². The lowest BCUT2D eigenvalue weighted by Crippen LogP contribution is -2.24. The summed E-state index contributed by atoms with van der Waals surface area (Å²) in [7, 11) is 3.04. The van der Waals surface area contributed by atoms with Crippen LogP contribution in [0.1, 0.15) is 29.2 Å². The molecule has 1 atom stereocenters. The molecule has 25 heavy (non-hydrogen) atoms. The van der Waals surface area contributed by atoms with Crippen LogP contribution in [0.5, 0.6) is 5.88 Å². The summed E-state index contributed by atoms with van der Waals surface area (Å²) in [6.07, 6.45) is 3.05. The molecule has 3 aromatic heterocycles. The van der Waals surface area contributed by atoms with Gasteiger partial charge in [-0.2, -0.15) is 10.1 Å². The Morgan fingerprint density at radius 2 is 2.16 bits per heavy atom. The van der Waals surface area contributed by atoms with Gasteiger partial charge in [0.2, 0.25) is 5.88 Å². The second-order valence-corrected chi connectivity index (χ2v) is 5.72. The molecule has 0 fully saturated rings. The number of fused-ring (bicyclic) bond motifs is 1. The van der Waals surface area contributed by atoms with Crippen LogP contribution in [0.3, 0.4) is 0 Å². The highest BCUT2D eigenvalue weighted by Crippen LogP contribution is 2.32. The molecule has 0 aromatic carbocycles. The van der Waals surface area contributed by atoms with E-state index in [0.717, 1.165) is 5.69 Å². The summed E-state index contributed by atoms with van der Waals surface area (Å²) in [5, 5.41) is 14.6. The number of rotatable bonds is 4. The molecular weight excluding hydrogens is 324 g/mol. The predicted molar refractivity (Wildman–Crippen MR) is 89.5 cm³/mol. The number of methoxy groups -OCH3 is 1. The van der Waals surface area contributed by atoms with Crippen LogP contribution in [0, 0.1) is 6.92 Å².